The number of carbonyl (C=O) groups excluding carboxylic acids is 1. The van der Waals surface area contributed by atoms with Gasteiger partial charge in [-0.1, -0.05) is 0 Å². The molecule has 0 spiro atoms. The Labute approximate surface area is 85.0 Å². The Bertz CT molecular complexity index is 275. The summed E-state index contributed by atoms with van der Waals surface area (Å²) in [4.78, 5) is 6.51. The SMILES string of the molecule is O=C(/C(S)=C(/S)C(F)(F)F)C(F)(F)F. The summed E-state index contributed by atoms with van der Waals surface area (Å²) < 4.78 is 70.1. The third-order valence-electron chi connectivity index (χ3n) is 0.965. The van der Waals surface area contributed by atoms with Crippen molar-refractivity contribution in [3.8, 4) is 0 Å². The van der Waals surface area contributed by atoms with Crippen LogP contribution in [-0.2, 0) is 4.79 Å². The van der Waals surface area contributed by atoms with E-state index in [4.69, 9.17) is 0 Å². The molecule has 0 unspecified atom stereocenters. The van der Waals surface area contributed by atoms with E-state index in [0.717, 1.165) is 0 Å². The number of hydrogen-bond acceptors (Lipinski definition) is 3. The first-order valence-electron chi connectivity index (χ1n) is 2.79. The third kappa shape index (κ3) is 3.45. The summed E-state index contributed by atoms with van der Waals surface area (Å²) in [6.07, 6.45) is -10.5. The molecule has 0 bridgehead atoms. The van der Waals surface area contributed by atoms with Crippen LogP contribution in [0.4, 0.5) is 26.3 Å². The molecule has 0 aromatic heterocycles. The van der Waals surface area contributed by atoms with Crippen molar-refractivity contribution < 1.29 is 31.1 Å². The van der Waals surface area contributed by atoms with E-state index in [2.05, 4.69) is 25.3 Å². The number of Topliss-reactive ketones (excluding diaryl/α,β-unsaturated/α-hetero) is 1. The first-order chi connectivity index (χ1) is 5.98. The standard InChI is InChI=1S/C5H2F6OS2/c6-4(7,8)2(12)1(13)3(14)5(9,10)11/h13-14H/b3-1-. The summed E-state index contributed by atoms with van der Waals surface area (Å²) >= 11 is 5.55. The number of alkyl halides is 6. The zero-order valence-corrected chi connectivity index (χ0v) is 7.86. The minimum atomic E-state index is -5.39. The van der Waals surface area contributed by atoms with Crippen LogP contribution in [0.1, 0.15) is 0 Å². The summed E-state index contributed by atoms with van der Waals surface area (Å²) in [7, 11) is 0. The fraction of sp³-hybridized carbons (Fsp3) is 0.400. The van der Waals surface area contributed by atoms with Crippen LogP contribution in [0.5, 0.6) is 0 Å². The Kier molecular flexibility index (Phi) is 3.96. The molecule has 0 saturated carbocycles. The lowest BCUT2D eigenvalue weighted by Gasteiger charge is -2.10. The number of ketones is 1. The molecule has 0 amide bonds. The Morgan fingerprint density at radius 1 is 0.857 bits per heavy atom. The summed E-state index contributed by atoms with van der Waals surface area (Å²) in [6, 6.07) is 0. The van der Waals surface area contributed by atoms with Gasteiger partial charge in [-0.15, -0.1) is 25.3 Å². The zero-order chi connectivity index (χ0) is 11.7. The van der Waals surface area contributed by atoms with E-state index in [1.807, 2.05) is 0 Å². The molecule has 0 saturated heterocycles. The van der Waals surface area contributed by atoms with Crippen molar-refractivity contribution in [3.05, 3.63) is 9.81 Å². The van der Waals surface area contributed by atoms with Crippen LogP contribution >= 0.6 is 25.3 Å². The summed E-state index contributed by atoms with van der Waals surface area (Å²) in [5, 5.41) is 0. The van der Waals surface area contributed by atoms with Gasteiger partial charge in [0.25, 0.3) is 5.78 Å². The molecule has 0 atom stereocenters. The molecule has 0 radical (unpaired) electrons. The predicted molar refractivity (Wildman–Crippen MR) is 42.1 cm³/mol. The van der Waals surface area contributed by atoms with E-state index >= 15 is 0 Å². The molecule has 0 aliphatic heterocycles. The van der Waals surface area contributed by atoms with E-state index in [9.17, 15) is 31.1 Å². The molecule has 1 nitrogen and oxygen atoms in total. The van der Waals surface area contributed by atoms with Crippen molar-refractivity contribution in [3.63, 3.8) is 0 Å². The van der Waals surface area contributed by atoms with Gasteiger partial charge in [-0.05, 0) is 0 Å². The lowest BCUT2D eigenvalue weighted by Crippen LogP contribution is -2.25. The summed E-state index contributed by atoms with van der Waals surface area (Å²) in [5.74, 6) is -2.68. The van der Waals surface area contributed by atoms with Crippen molar-refractivity contribution in [2.75, 3.05) is 0 Å². The highest BCUT2D eigenvalue weighted by molar-refractivity contribution is 7.89. The van der Waals surface area contributed by atoms with Gasteiger partial charge < -0.3 is 0 Å². The number of allylic oxidation sites excluding steroid dienone is 2. The van der Waals surface area contributed by atoms with Crippen LogP contribution in [0.15, 0.2) is 9.81 Å². The first kappa shape index (κ1) is 13.7. The van der Waals surface area contributed by atoms with Crippen molar-refractivity contribution >= 4 is 31.0 Å². The highest BCUT2D eigenvalue weighted by Gasteiger charge is 2.44. The van der Waals surface area contributed by atoms with Gasteiger partial charge in [0.1, 0.15) is 4.91 Å². The number of rotatable bonds is 1. The van der Waals surface area contributed by atoms with Gasteiger partial charge in [0.05, 0.1) is 4.91 Å². The maximum absolute atomic E-state index is 11.7. The maximum atomic E-state index is 11.7. The highest BCUT2D eigenvalue weighted by Crippen LogP contribution is 2.35. The van der Waals surface area contributed by atoms with Crippen LogP contribution in [-0.4, -0.2) is 18.1 Å². The molecule has 0 aromatic carbocycles. The fourth-order valence-electron chi connectivity index (χ4n) is 0.376. The Morgan fingerprint density at radius 3 is 1.43 bits per heavy atom. The van der Waals surface area contributed by atoms with Gasteiger partial charge in [-0.2, -0.15) is 26.3 Å². The van der Waals surface area contributed by atoms with Crippen LogP contribution in [0.2, 0.25) is 0 Å². The second kappa shape index (κ2) is 4.05. The van der Waals surface area contributed by atoms with E-state index in [1.54, 1.807) is 0 Å². The first-order valence-corrected chi connectivity index (χ1v) is 3.68. The average molecular weight is 256 g/mol. The van der Waals surface area contributed by atoms with Crippen LogP contribution in [0.25, 0.3) is 0 Å². The molecule has 0 heterocycles. The summed E-state index contributed by atoms with van der Waals surface area (Å²) in [6.45, 7) is 0. The quantitative estimate of drug-likeness (QED) is 0.419. The smallest absolute Gasteiger partial charge is 0.283 e. The monoisotopic (exact) mass is 256 g/mol. The zero-order valence-electron chi connectivity index (χ0n) is 6.07. The lowest BCUT2D eigenvalue weighted by molar-refractivity contribution is -0.166. The van der Waals surface area contributed by atoms with Gasteiger partial charge in [0.15, 0.2) is 0 Å². The topological polar surface area (TPSA) is 17.1 Å². The molecule has 9 heteroatoms. The predicted octanol–water partition coefficient (Wildman–Crippen LogP) is 2.75. The van der Waals surface area contributed by atoms with E-state index in [1.165, 1.54) is 0 Å². The van der Waals surface area contributed by atoms with Crippen LogP contribution in [0.3, 0.4) is 0 Å². The minimum Gasteiger partial charge on any atom is -0.283 e. The van der Waals surface area contributed by atoms with Crippen LogP contribution < -0.4 is 0 Å². The molecule has 0 N–H and O–H groups in total. The Hall–Kier alpha value is -0.310. The average Bonchev–Trinajstić information content (AvgIpc) is 1.97. The Morgan fingerprint density at radius 2 is 1.21 bits per heavy atom. The second-order valence-corrected chi connectivity index (χ2v) is 2.92. The fourth-order valence-corrected chi connectivity index (χ4v) is 0.731. The number of carbonyl (C=O) groups is 1. The molecular formula is C5H2F6OS2. The van der Waals surface area contributed by atoms with E-state index in [0.29, 0.717) is 0 Å². The molecule has 0 aromatic rings. The molecule has 0 fully saturated rings. The molecule has 82 valence electrons. The van der Waals surface area contributed by atoms with E-state index in [-0.39, 0.29) is 0 Å². The number of halogens is 6. The largest absolute Gasteiger partial charge is 0.455 e. The number of thiol groups is 2. The Balaban J connectivity index is 5.14. The minimum absolute atomic E-state index is 1.77. The lowest BCUT2D eigenvalue weighted by atomic mass is 10.3. The van der Waals surface area contributed by atoms with Crippen molar-refractivity contribution in [2.24, 2.45) is 0 Å². The molecular weight excluding hydrogens is 254 g/mol. The normalized spacial score (nSPS) is 15.1. The van der Waals surface area contributed by atoms with E-state index < -0.39 is 27.9 Å². The molecule has 0 rings (SSSR count). The molecule has 14 heavy (non-hydrogen) atoms. The van der Waals surface area contributed by atoms with Gasteiger partial charge in [0, 0.05) is 0 Å². The maximum Gasteiger partial charge on any atom is 0.455 e. The van der Waals surface area contributed by atoms with Gasteiger partial charge >= 0.3 is 12.4 Å². The van der Waals surface area contributed by atoms with Gasteiger partial charge in [0.2, 0.25) is 0 Å². The summed E-state index contributed by atoms with van der Waals surface area (Å²) in [5.41, 5.74) is 0. The molecule has 0 aliphatic rings. The van der Waals surface area contributed by atoms with Crippen molar-refractivity contribution in [1.29, 1.82) is 0 Å². The highest BCUT2D eigenvalue weighted by atomic mass is 32.1. The number of hydrogen-bond donors (Lipinski definition) is 2. The van der Waals surface area contributed by atoms with Crippen molar-refractivity contribution in [2.45, 2.75) is 12.4 Å². The van der Waals surface area contributed by atoms with Gasteiger partial charge in [-0.3, -0.25) is 4.79 Å². The van der Waals surface area contributed by atoms with Crippen LogP contribution in [0, 0.1) is 0 Å². The van der Waals surface area contributed by atoms with Gasteiger partial charge in [-0.25, -0.2) is 0 Å². The van der Waals surface area contributed by atoms with Crippen molar-refractivity contribution in [1.82, 2.24) is 0 Å². The molecule has 0 aliphatic carbocycles. The third-order valence-corrected chi connectivity index (χ3v) is 2.05. The second-order valence-electron chi connectivity index (χ2n) is 2.02.